The van der Waals surface area contributed by atoms with E-state index in [0.717, 1.165) is 31.6 Å². The molecule has 29 heavy (non-hydrogen) atoms. The minimum Gasteiger partial charge on any atom is -0.388 e. The van der Waals surface area contributed by atoms with Gasteiger partial charge in [-0.1, -0.05) is 88.1 Å². The zero-order valence-corrected chi connectivity index (χ0v) is 18.2. The number of aliphatic hydroxyl groups is 1. The Labute approximate surface area is 176 Å². The van der Waals surface area contributed by atoms with Crippen LogP contribution in [-0.4, -0.2) is 29.6 Å². The van der Waals surface area contributed by atoms with Crippen LogP contribution in [0.1, 0.15) is 70.5 Å². The average Bonchev–Trinajstić information content (AvgIpc) is 2.76. The van der Waals surface area contributed by atoms with E-state index in [0.29, 0.717) is 0 Å². The largest absolute Gasteiger partial charge is 0.388 e. The van der Waals surface area contributed by atoms with Crippen molar-refractivity contribution in [1.82, 2.24) is 4.90 Å². The van der Waals surface area contributed by atoms with Crippen molar-refractivity contribution in [3.8, 4) is 0 Å². The minimum absolute atomic E-state index is 0.427. The Morgan fingerprint density at radius 2 is 1.31 bits per heavy atom. The highest BCUT2D eigenvalue weighted by Gasteiger charge is 2.15. The molecule has 0 amide bonds. The van der Waals surface area contributed by atoms with Gasteiger partial charge in [0.15, 0.2) is 0 Å². The molecule has 3 rings (SSSR count). The summed E-state index contributed by atoms with van der Waals surface area (Å²) in [5.41, 5.74) is 1.07. The molecule has 1 N–H and O–H groups in total. The van der Waals surface area contributed by atoms with Crippen LogP contribution in [0.15, 0.2) is 54.6 Å². The van der Waals surface area contributed by atoms with Gasteiger partial charge in [0.2, 0.25) is 0 Å². The average molecular weight is 392 g/mol. The van der Waals surface area contributed by atoms with Crippen LogP contribution < -0.4 is 0 Å². The number of benzene rings is 3. The van der Waals surface area contributed by atoms with Gasteiger partial charge in [-0.3, -0.25) is 0 Å². The normalized spacial score (nSPS) is 12.8. The Morgan fingerprint density at radius 3 is 1.97 bits per heavy atom. The summed E-state index contributed by atoms with van der Waals surface area (Å²) in [5.74, 6) is 0. The standard InChI is InChI=1S/C27H37NO/c1-3-5-11-18-28(19-12-6-4-2)20-17-27(29)26-21-22-13-7-8-14-23(22)24-15-9-10-16-25(24)26/h7-10,13-16,21,27,29H,3-6,11-12,17-20H2,1-2H3. The van der Waals surface area contributed by atoms with E-state index in [9.17, 15) is 5.11 Å². The van der Waals surface area contributed by atoms with Crippen molar-refractivity contribution in [2.75, 3.05) is 19.6 Å². The van der Waals surface area contributed by atoms with Crippen LogP contribution >= 0.6 is 0 Å². The van der Waals surface area contributed by atoms with E-state index in [4.69, 9.17) is 0 Å². The fourth-order valence-electron chi connectivity index (χ4n) is 4.33. The van der Waals surface area contributed by atoms with Crippen LogP contribution in [0, 0.1) is 0 Å². The zero-order chi connectivity index (χ0) is 20.5. The molecule has 0 aliphatic heterocycles. The summed E-state index contributed by atoms with van der Waals surface area (Å²) in [4.78, 5) is 2.57. The van der Waals surface area contributed by atoms with Crippen LogP contribution in [0.4, 0.5) is 0 Å². The van der Waals surface area contributed by atoms with E-state index in [1.165, 1.54) is 60.1 Å². The summed E-state index contributed by atoms with van der Waals surface area (Å²) in [6, 6.07) is 19.2. The summed E-state index contributed by atoms with van der Waals surface area (Å²) in [7, 11) is 0. The van der Waals surface area contributed by atoms with Gasteiger partial charge in [-0.25, -0.2) is 0 Å². The van der Waals surface area contributed by atoms with Crippen LogP contribution in [0.2, 0.25) is 0 Å². The summed E-state index contributed by atoms with van der Waals surface area (Å²) in [6.45, 7) is 7.80. The zero-order valence-electron chi connectivity index (χ0n) is 18.2. The van der Waals surface area contributed by atoms with Crippen molar-refractivity contribution in [2.24, 2.45) is 0 Å². The molecule has 3 aromatic carbocycles. The van der Waals surface area contributed by atoms with Gasteiger partial charge in [-0.2, -0.15) is 0 Å². The summed E-state index contributed by atoms with van der Waals surface area (Å²) < 4.78 is 0. The Morgan fingerprint density at radius 1 is 0.724 bits per heavy atom. The summed E-state index contributed by atoms with van der Waals surface area (Å²) in [6.07, 6.45) is 7.99. The maximum atomic E-state index is 11.1. The number of hydrogen-bond acceptors (Lipinski definition) is 2. The number of fused-ring (bicyclic) bond motifs is 3. The molecule has 0 aliphatic carbocycles. The van der Waals surface area contributed by atoms with E-state index in [1.54, 1.807) is 0 Å². The molecule has 2 heteroatoms. The van der Waals surface area contributed by atoms with E-state index in [-0.39, 0.29) is 0 Å². The third kappa shape index (κ3) is 5.81. The number of nitrogens with zero attached hydrogens (tertiary/aromatic N) is 1. The Kier molecular flexibility index (Phi) is 8.52. The van der Waals surface area contributed by atoms with E-state index in [2.05, 4.69) is 73.3 Å². The molecule has 2 nitrogen and oxygen atoms in total. The molecule has 0 bridgehead atoms. The quantitative estimate of drug-likeness (QED) is 0.263. The molecule has 1 unspecified atom stereocenters. The number of unbranched alkanes of at least 4 members (excludes halogenated alkanes) is 4. The highest BCUT2D eigenvalue weighted by Crippen LogP contribution is 2.33. The van der Waals surface area contributed by atoms with E-state index >= 15 is 0 Å². The Balaban J connectivity index is 1.75. The third-order valence-electron chi connectivity index (χ3n) is 6.03. The number of rotatable bonds is 12. The first-order valence-electron chi connectivity index (χ1n) is 11.6. The maximum absolute atomic E-state index is 11.1. The molecule has 0 saturated heterocycles. The lowest BCUT2D eigenvalue weighted by molar-refractivity contribution is 0.141. The van der Waals surface area contributed by atoms with Crippen molar-refractivity contribution < 1.29 is 5.11 Å². The van der Waals surface area contributed by atoms with Gasteiger partial charge >= 0.3 is 0 Å². The molecular formula is C27H37NO. The predicted molar refractivity (Wildman–Crippen MR) is 127 cm³/mol. The second-order valence-corrected chi connectivity index (χ2v) is 8.29. The molecule has 0 aliphatic rings. The van der Waals surface area contributed by atoms with Gasteiger partial charge in [-0.05, 0) is 65.5 Å². The van der Waals surface area contributed by atoms with Gasteiger partial charge in [-0.15, -0.1) is 0 Å². The fourth-order valence-corrected chi connectivity index (χ4v) is 4.33. The smallest absolute Gasteiger partial charge is 0.0808 e. The van der Waals surface area contributed by atoms with Crippen molar-refractivity contribution >= 4 is 21.5 Å². The Hall–Kier alpha value is -1.90. The highest BCUT2D eigenvalue weighted by atomic mass is 16.3. The van der Waals surface area contributed by atoms with Crippen LogP contribution in [0.25, 0.3) is 21.5 Å². The lowest BCUT2D eigenvalue weighted by Crippen LogP contribution is -2.28. The molecule has 3 aromatic rings. The van der Waals surface area contributed by atoms with Gasteiger partial charge < -0.3 is 10.0 Å². The van der Waals surface area contributed by atoms with E-state index in [1.807, 2.05) is 0 Å². The lowest BCUT2D eigenvalue weighted by atomic mass is 9.93. The van der Waals surface area contributed by atoms with Crippen molar-refractivity contribution in [3.63, 3.8) is 0 Å². The van der Waals surface area contributed by atoms with Crippen LogP contribution in [0.3, 0.4) is 0 Å². The molecule has 156 valence electrons. The van der Waals surface area contributed by atoms with Crippen LogP contribution in [0.5, 0.6) is 0 Å². The number of hydrogen-bond donors (Lipinski definition) is 1. The predicted octanol–water partition coefficient (Wildman–Crippen LogP) is 7.10. The van der Waals surface area contributed by atoms with Crippen molar-refractivity contribution in [3.05, 3.63) is 60.2 Å². The second-order valence-electron chi connectivity index (χ2n) is 8.29. The number of aliphatic hydroxyl groups excluding tert-OH is 1. The molecule has 0 radical (unpaired) electrons. The molecule has 0 heterocycles. The molecule has 0 spiro atoms. The van der Waals surface area contributed by atoms with Gasteiger partial charge in [0.05, 0.1) is 6.10 Å². The monoisotopic (exact) mass is 391 g/mol. The lowest BCUT2D eigenvalue weighted by Gasteiger charge is -2.24. The van der Waals surface area contributed by atoms with Crippen molar-refractivity contribution in [1.29, 1.82) is 0 Å². The SMILES string of the molecule is CCCCCN(CCCCC)CCC(O)c1cc2ccccc2c2ccccc12. The maximum Gasteiger partial charge on any atom is 0.0808 e. The first-order chi connectivity index (χ1) is 14.2. The minimum atomic E-state index is -0.427. The molecular weight excluding hydrogens is 354 g/mol. The molecule has 0 saturated carbocycles. The third-order valence-corrected chi connectivity index (χ3v) is 6.03. The second kappa shape index (κ2) is 11.3. The van der Waals surface area contributed by atoms with Gasteiger partial charge in [0, 0.05) is 6.54 Å². The van der Waals surface area contributed by atoms with E-state index < -0.39 is 6.10 Å². The topological polar surface area (TPSA) is 23.5 Å². The molecule has 0 fully saturated rings. The molecule has 1 atom stereocenters. The van der Waals surface area contributed by atoms with Crippen LogP contribution in [-0.2, 0) is 0 Å². The Bertz CT molecular complexity index is 878. The first-order valence-corrected chi connectivity index (χ1v) is 11.6. The first kappa shape index (κ1) is 21.8. The van der Waals surface area contributed by atoms with Crippen molar-refractivity contribution in [2.45, 2.75) is 64.9 Å². The highest BCUT2D eigenvalue weighted by molar-refractivity contribution is 6.09. The summed E-state index contributed by atoms with van der Waals surface area (Å²) in [5, 5.41) is 16.0. The summed E-state index contributed by atoms with van der Waals surface area (Å²) >= 11 is 0. The molecule has 0 aromatic heterocycles. The van der Waals surface area contributed by atoms with Gasteiger partial charge in [0.25, 0.3) is 0 Å². The fraction of sp³-hybridized carbons (Fsp3) is 0.481. The van der Waals surface area contributed by atoms with Gasteiger partial charge in [0.1, 0.15) is 0 Å².